The van der Waals surface area contributed by atoms with Gasteiger partial charge in [-0.25, -0.2) is 0 Å². The van der Waals surface area contributed by atoms with E-state index in [2.05, 4.69) is 5.32 Å². The minimum absolute atomic E-state index is 0.0124. The summed E-state index contributed by atoms with van der Waals surface area (Å²) in [5, 5.41) is 13.5. The molecule has 24 heavy (non-hydrogen) atoms. The van der Waals surface area contributed by atoms with Crippen LogP contribution in [0.3, 0.4) is 0 Å². The van der Waals surface area contributed by atoms with Gasteiger partial charge in [0.25, 0.3) is 5.91 Å². The van der Waals surface area contributed by atoms with Crippen LogP contribution in [0.4, 0.5) is 0 Å². The number of hydrogen-bond donors (Lipinski definition) is 2. The molecule has 124 valence electrons. The van der Waals surface area contributed by atoms with Gasteiger partial charge in [-0.1, -0.05) is 23.7 Å². The van der Waals surface area contributed by atoms with E-state index < -0.39 is 11.5 Å². The van der Waals surface area contributed by atoms with Crippen molar-refractivity contribution in [3.05, 3.63) is 71.3 Å². The Labute approximate surface area is 143 Å². The number of amides is 1. The lowest BCUT2D eigenvalue weighted by Crippen LogP contribution is -2.38. The molecule has 2 aromatic heterocycles. The van der Waals surface area contributed by atoms with E-state index in [0.29, 0.717) is 22.1 Å². The molecule has 3 rings (SSSR count). The summed E-state index contributed by atoms with van der Waals surface area (Å²) >= 11 is 6.12. The predicted octanol–water partition coefficient (Wildman–Crippen LogP) is 3.83. The van der Waals surface area contributed by atoms with Crippen molar-refractivity contribution in [1.29, 1.82) is 0 Å². The first kappa shape index (κ1) is 16.4. The molecule has 5 nitrogen and oxygen atoms in total. The van der Waals surface area contributed by atoms with Crippen LogP contribution in [0.15, 0.2) is 63.6 Å². The lowest BCUT2D eigenvalue weighted by Gasteiger charge is -2.20. The first-order valence-corrected chi connectivity index (χ1v) is 7.74. The summed E-state index contributed by atoms with van der Waals surface area (Å²) in [6, 6.07) is 13.8. The molecule has 1 amide bonds. The highest BCUT2D eigenvalue weighted by atomic mass is 35.5. The summed E-state index contributed by atoms with van der Waals surface area (Å²) in [4.78, 5) is 12.2. The quantitative estimate of drug-likeness (QED) is 0.736. The van der Waals surface area contributed by atoms with Crippen molar-refractivity contribution in [3.8, 4) is 11.3 Å². The monoisotopic (exact) mass is 345 g/mol. The van der Waals surface area contributed by atoms with Crippen LogP contribution in [0.5, 0.6) is 0 Å². The molecule has 1 unspecified atom stereocenters. The molecule has 0 aliphatic carbocycles. The molecule has 0 radical (unpaired) electrons. The standard InChI is InChI=1S/C18H16ClNO4/c1-18(22,16-7-4-10-23-16)11-20-17(21)15-9-8-14(24-15)12-5-2-3-6-13(12)19/h2-10,22H,11H2,1H3,(H,20,21). The van der Waals surface area contributed by atoms with Gasteiger partial charge >= 0.3 is 0 Å². The van der Waals surface area contributed by atoms with Gasteiger partial charge in [0.1, 0.15) is 17.1 Å². The summed E-state index contributed by atoms with van der Waals surface area (Å²) in [7, 11) is 0. The highest BCUT2D eigenvalue weighted by Gasteiger charge is 2.27. The van der Waals surface area contributed by atoms with Crippen LogP contribution in [-0.2, 0) is 5.60 Å². The number of benzene rings is 1. The SMILES string of the molecule is CC(O)(CNC(=O)c1ccc(-c2ccccc2Cl)o1)c1ccco1. The smallest absolute Gasteiger partial charge is 0.287 e. The zero-order valence-corrected chi connectivity index (χ0v) is 13.7. The Morgan fingerprint density at radius 1 is 1.21 bits per heavy atom. The van der Waals surface area contributed by atoms with Crippen LogP contribution in [0, 0.1) is 0 Å². The summed E-state index contributed by atoms with van der Waals surface area (Å²) in [6.45, 7) is 1.55. The maximum absolute atomic E-state index is 12.2. The molecule has 1 atom stereocenters. The number of carbonyl (C=O) groups is 1. The van der Waals surface area contributed by atoms with Crippen LogP contribution >= 0.6 is 11.6 Å². The molecule has 0 aliphatic rings. The predicted molar refractivity (Wildman–Crippen MR) is 89.8 cm³/mol. The van der Waals surface area contributed by atoms with E-state index in [1.54, 1.807) is 37.3 Å². The Morgan fingerprint density at radius 2 is 2.00 bits per heavy atom. The Bertz CT molecular complexity index is 836. The number of furan rings is 2. The van der Waals surface area contributed by atoms with Crippen molar-refractivity contribution in [1.82, 2.24) is 5.32 Å². The lowest BCUT2D eigenvalue weighted by atomic mass is 10.0. The summed E-state index contributed by atoms with van der Waals surface area (Å²) in [5.41, 5.74) is -0.599. The molecule has 2 N–H and O–H groups in total. The molecule has 3 aromatic rings. The Balaban J connectivity index is 1.70. The number of rotatable bonds is 5. The number of hydrogen-bond acceptors (Lipinski definition) is 4. The molecule has 2 heterocycles. The first-order valence-electron chi connectivity index (χ1n) is 7.37. The van der Waals surface area contributed by atoms with Crippen molar-refractivity contribution in [3.63, 3.8) is 0 Å². The van der Waals surface area contributed by atoms with E-state index in [9.17, 15) is 9.90 Å². The highest BCUT2D eigenvalue weighted by molar-refractivity contribution is 6.33. The van der Waals surface area contributed by atoms with E-state index in [0.717, 1.165) is 0 Å². The number of carbonyl (C=O) groups excluding carboxylic acids is 1. The largest absolute Gasteiger partial charge is 0.466 e. The van der Waals surface area contributed by atoms with Crippen LogP contribution in [0.1, 0.15) is 23.2 Å². The van der Waals surface area contributed by atoms with Gasteiger partial charge in [0, 0.05) is 5.56 Å². The van der Waals surface area contributed by atoms with Crippen LogP contribution in [0.2, 0.25) is 5.02 Å². The van der Waals surface area contributed by atoms with E-state index >= 15 is 0 Å². The van der Waals surface area contributed by atoms with Crippen LogP contribution in [0.25, 0.3) is 11.3 Å². The molecule has 6 heteroatoms. The average molecular weight is 346 g/mol. The normalized spacial score (nSPS) is 13.5. The second-order valence-electron chi connectivity index (χ2n) is 5.58. The van der Waals surface area contributed by atoms with E-state index in [4.69, 9.17) is 20.4 Å². The number of aliphatic hydroxyl groups is 1. The molecular weight excluding hydrogens is 330 g/mol. The van der Waals surface area contributed by atoms with Crippen molar-refractivity contribution in [2.24, 2.45) is 0 Å². The molecule has 1 aromatic carbocycles. The second kappa shape index (κ2) is 6.55. The second-order valence-corrected chi connectivity index (χ2v) is 5.98. The van der Waals surface area contributed by atoms with Gasteiger partial charge in [0.15, 0.2) is 5.76 Å². The third-order valence-corrected chi connectivity index (χ3v) is 3.94. The lowest BCUT2D eigenvalue weighted by molar-refractivity contribution is 0.0326. The average Bonchev–Trinajstić information content (AvgIpc) is 3.25. The molecular formula is C18H16ClNO4. The number of nitrogens with one attached hydrogen (secondary N) is 1. The summed E-state index contributed by atoms with van der Waals surface area (Å²) in [6.07, 6.45) is 1.47. The zero-order chi connectivity index (χ0) is 17.2. The van der Waals surface area contributed by atoms with Gasteiger partial charge in [0.05, 0.1) is 17.8 Å². The molecule has 0 fully saturated rings. The number of halogens is 1. The van der Waals surface area contributed by atoms with E-state index in [-0.39, 0.29) is 12.3 Å². The summed E-state index contributed by atoms with van der Waals surface area (Å²) < 4.78 is 10.7. The molecule has 0 aliphatic heterocycles. The fraction of sp³-hybridized carbons (Fsp3) is 0.167. The first-order chi connectivity index (χ1) is 11.5. The Hall–Kier alpha value is -2.50. The summed E-state index contributed by atoms with van der Waals surface area (Å²) in [5.74, 6) is 0.586. The minimum Gasteiger partial charge on any atom is -0.466 e. The zero-order valence-electron chi connectivity index (χ0n) is 13.0. The van der Waals surface area contributed by atoms with Crippen LogP contribution in [-0.4, -0.2) is 17.6 Å². The van der Waals surface area contributed by atoms with E-state index in [1.807, 2.05) is 18.2 Å². The van der Waals surface area contributed by atoms with Gasteiger partial charge < -0.3 is 19.3 Å². The van der Waals surface area contributed by atoms with E-state index in [1.165, 1.54) is 6.26 Å². The van der Waals surface area contributed by atoms with Crippen molar-refractivity contribution < 1.29 is 18.7 Å². The van der Waals surface area contributed by atoms with Crippen molar-refractivity contribution in [2.75, 3.05) is 6.54 Å². The molecule has 0 saturated heterocycles. The molecule has 0 bridgehead atoms. The third kappa shape index (κ3) is 3.37. The van der Waals surface area contributed by atoms with Gasteiger partial charge in [0.2, 0.25) is 0 Å². The van der Waals surface area contributed by atoms with Gasteiger partial charge in [-0.3, -0.25) is 4.79 Å². The molecule has 0 saturated carbocycles. The van der Waals surface area contributed by atoms with Crippen LogP contribution < -0.4 is 5.32 Å². The third-order valence-electron chi connectivity index (χ3n) is 3.61. The van der Waals surface area contributed by atoms with Crippen molar-refractivity contribution >= 4 is 17.5 Å². The Kier molecular flexibility index (Phi) is 4.46. The van der Waals surface area contributed by atoms with Gasteiger partial charge in [-0.2, -0.15) is 0 Å². The van der Waals surface area contributed by atoms with Crippen molar-refractivity contribution in [2.45, 2.75) is 12.5 Å². The topological polar surface area (TPSA) is 75.6 Å². The van der Waals surface area contributed by atoms with Gasteiger partial charge in [-0.05, 0) is 43.3 Å². The fourth-order valence-electron chi connectivity index (χ4n) is 2.28. The maximum atomic E-state index is 12.2. The fourth-order valence-corrected chi connectivity index (χ4v) is 2.51. The Morgan fingerprint density at radius 3 is 2.71 bits per heavy atom. The highest BCUT2D eigenvalue weighted by Crippen LogP contribution is 2.29. The molecule has 0 spiro atoms. The maximum Gasteiger partial charge on any atom is 0.287 e. The minimum atomic E-state index is -1.31. The van der Waals surface area contributed by atoms with Gasteiger partial charge in [-0.15, -0.1) is 0 Å².